The second-order valence-electron chi connectivity index (χ2n) is 5.11. The van der Waals surface area contributed by atoms with Crippen LogP contribution in [-0.4, -0.2) is 14.2 Å². The average Bonchev–Trinajstić information content (AvgIpc) is 2.33. The van der Waals surface area contributed by atoms with Crippen molar-refractivity contribution >= 4 is 15.5 Å². The van der Waals surface area contributed by atoms with Crippen molar-refractivity contribution in [1.82, 2.24) is 0 Å². The Bertz CT molecular complexity index is 495. The van der Waals surface area contributed by atoms with Gasteiger partial charge in [-0.1, -0.05) is 39.0 Å². The lowest BCUT2D eigenvalue weighted by Gasteiger charge is -2.08. The highest BCUT2D eigenvalue weighted by Crippen LogP contribution is 2.20. The zero-order chi connectivity index (χ0) is 14.3. The van der Waals surface area contributed by atoms with Crippen LogP contribution >= 0.6 is 0 Å². The van der Waals surface area contributed by atoms with E-state index in [1.807, 2.05) is 0 Å². The maximum absolute atomic E-state index is 12.2. The van der Waals surface area contributed by atoms with E-state index in [2.05, 4.69) is 6.92 Å². The Balaban J connectivity index is 2.52. The maximum Gasteiger partial charge on any atom is 0.178 e. The van der Waals surface area contributed by atoms with Gasteiger partial charge in [0.25, 0.3) is 0 Å². The van der Waals surface area contributed by atoms with E-state index >= 15 is 0 Å². The number of nitrogens with two attached hydrogens (primary N) is 1. The Morgan fingerprint density at radius 2 is 1.68 bits per heavy atom. The molecule has 0 amide bonds. The van der Waals surface area contributed by atoms with Crippen LogP contribution in [0, 0.1) is 6.92 Å². The van der Waals surface area contributed by atoms with Crippen molar-refractivity contribution in [2.24, 2.45) is 0 Å². The zero-order valence-electron chi connectivity index (χ0n) is 12.0. The molecule has 1 rings (SSSR count). The number of sulfone groups is 1. The van der Waals surface area contributed by atoms with Crippen molar-refractivity contribution in [3.63, 3.8) is 0 Å². The molecular weight excluding hydrogens is 258 g/mol. The van der Waals surface area contributed by atoms with Crippen LogP contribution in [-0.2, 0) is 9.84 Å². The summed E-state index contributed by atoms with van der Waals surface area (Å²) >= 11 is 0. The first-order valence-electron chi connectivity index (χ1n) is 7.06. The van der Waals surface area contributed by atoms with E-state index in [0.29, 0.717) is 10.6 Å². The largest absolute Gasteiger partial charge is 0.399 e. The fourth-order valence-corrected chi connectivity index (χ4v) is 3.83. The second kappa shape index (κ2) is 7.53. The molecule has 1 aromatic rings. The molecule has 0 aliphatic rings. The van der Waals surface area contributed by atoms with Crippen molar-refractivity contribution in [2.45, 2.75) is 57.3 Å². The molecule has 0 aliphatic carbocycles. The predicted octanol–water partition coefficient (Wildman–Crippen LogP) is 3.71. The molecule has 1 aromatic carbocycles. The SMILES string of the molecule is CCCCCCCCS(=O)(=O)c1ccc(N)cc1C. The number of benzene rings is 1. The first-order chi connectivity index (χ1) is 8.97. The van der Waals surface area contributed by atoms with Crippen LogP contribution in [0.5, 0.6) is 0 Å². The van der Waals surface area contributed by atoms with Gasteiger partial charge in [0.1, 0.15) is 0 Å². The lowest BCUT2D eigenvalue weighted by Crippen LogP contribution is -2.09. The molecule has 0 radical (unpaired) electrons. The molecule has 2 N–H and O–H groups in total. The van der Waals surface area contributed by atoms with E-state index in [9.17, 15) is 8.42 Å². The first-order valence-corrected chi connectivity index (χ1v) is 8.71. The van der Waals surface area contributed by atoms with Gasteiger partial charge in [0.2, 0.25) is 0 Å². The third kappa shape index (κ3) is 5.23. The number of hydrogen-bond acceptors (Lipinski definition) is 3. The third-order valence-corrected chi connectivity index (χ3v) is 5.25. The lowest BCUT2D eigenvalue weighted by atomic mass is 10.1. The van der Waals surface area contributed by atoms with Gasteiger partial charge in [-0.05, 0) is 37.1 Å². The minimum atomic E-state index is -3.16. The summed E-state index contributed by atoms with van der Waals surface area (Å²) in [6, 6.07) is 4.99. The summed E-state index contributed by atoms with van der Waals surface area (Å²) < 4.78 is 24.4. The number of anilines is 1. The summed E-state index contributed by atoms with van der Waals surface area (Å²) in [4.78, 5) is 0.426. The minimum Gasteiger partial charge on any atom is -0.399 e. The fourth-order valence-electron chi connectivity index (χ4n) is 2.20. The summed E-state index contributed by atoms with van der Waals surface area (Å²) in [5.74, 6) is 0.240. The van der Waals surface area contributed by atoms with Gasteiger partial charge in [-0.2, -0.15) is 0 Å². The molecule has 0 aliphatic heterocycles. The molecule has 0 fully saturated rings. The molecule has 0 aromatic heterocycles. The van der Waals surface area contributed by atoms with E-state index in [4.69, 9.17) is 5.73 Å². The van der Waals surface area contributed by atoms with E-state index in [0.717, 1.165) is 24.8 Å². The number of aryl methyl sites for hydroxylation is 1. The summed E-state index contributed by atoms with van der Waals surface area (Å²) in [5, 5.41) is 0. The Hall–Kier alpha value is -1.03. The Morgan fingerprint density at radius 1 is 1.05 bits per heavy atom. The normalized spacial score (nSPS) is 11.7. The van der Waals surface area contributed by atoms with Crippen LogP contribution in [0.2, 0.25) is 0 Å². The van der Waals surface area contributed by atoms with Gasteiger partial charge in [-0.3, -0.25) is 0 Å². The quantitative estimate of drug-likeness (QED) is 0.584. The maximum atomic E-state index is 12.2. The fraction of sp³-hybridized carbons (Fsp3) is 0.600. The van der Waals surface area contributed by atoms with Crippen molar-refractivity contribution in [2.75, 3.05) is 11.5 Å². The molecule has 0 saturated heterocycles. The highest BCUT2D eigenvalue weighted by Gasteiger charge is 2.16. The monoisotopic (exact) mass is 283 g/mol. The smallest absolute Gasteiger partial charge is 0.178 e. The molecule has 0 saturated carbocycles. The van der Waals surface area contributed by atoms with E-state index < -0.39 is 9.84 Å². The molecule has 19 heavy (non-hydrogen) atoms. The van der Waals surface area contributed by atoms with Crippen molar-refractivity contribution in [1.29, 1.82) is 0 Å². The highest BCUT2D eigenvalue weighted by molar-refractivity contribution is 7.91. The van der Waals surface area contributed by atoms with Crippen LogP contribution < -0.4 is 5.73 Å². The molecule has 0 bridgehead atoms. The molecule has 0 heterocycles. The molecule has 108 valence electrons. The van der Waals surface area contributed by atoms with Crippen LogP contribution in [0.25, 0.3) is 0 Å². The number of rotatable bonds is 8. The Labute approximate surface area is 117 Å². The third-order valence-electron chi connectivity index (χ3n) is 3.30. The molecule has 0 unspecified atom stereocenters. The molecule has 0 spiro atoms. The number of nitrogen functional groups attached to an aromatic ring is 1. The van der Waals surface area contributed by atoms with Crippen LogP contribution in [0.15, 0.2) is 23.1 Å². The predicted molar refractivity (Wildman–Crippen MR) is 81.0 cm³/mol. The van der Waals surface area contributed by atoms with Crippen LogP contribution in [0.4, 0.5) is 5.69 Å². The molecule has 4 heteroatoms. The first kappa shape index (κ1) is 16.0. The Morgan fingerprint density at radius 3 is 2.32 bits per heavy atom. The van der Waals surface area contributed by atoms with E-state index in [1.165, 1.54) is 19.3 Å². The molecule has 0 atom stereocenters. The zero-order valence-corrected chi connectivity index (χ0v) is 12.8. The Kier molecular flexibility index (Phi) is 6.35. The molecular formula is C15H25NO2S. The summed E-state index contributed by atoms with van der Waals surface area (Å²) in [6.07, 6.45) is 6.53. The van der Waals surface area contributed by atoms with Crippen molar-refractivity contribution in [3.8, 4) is 0 Å². The van der Waals surface area contributed by atoms with Crippen molar-refractivity contribution < 1.29 is 8.42 Å². The van der Waals surface area contributed by atoms with E-state index in [-0.39, 0.29) is 5.75 Å². The summed E-state index contributed by atoms with van der Waals surface area (Å²) in [6.45, 7) is 3.97. The number of hydrogen-bond donors (Lipinski definition) is 1. The van der Waals surface area contributed by atoms with Gasteiger partial charge in [0, 0.05) is 5.69 Å². The highest BCUT2D eigenvalue weighted by atomic mass is 32.2. The summed E-state index contributed by atoms with van der Waals surface area (Å²) in [7, 11) is -3.16. The number of unbranched alkanes of at least 4 members (excludes halogenated alkanes) is 5. The van der Waals surface area contributed by atoms with Crippen LogP contribution in [0.1, 0.15) is 51.0 Å². The second-order valence-corrected chi connectivity index (χ2v) is 7.19. The topological polar surface area (TPSA) is 60.2 Å². The van der Waals surface area contributed by atoms with Gasteiger partial charge in [0.15, 0.2) is 9.84 Å². The minimum absolute atomic E-state index is 0.240. The van der Waals surface area contributed by atoms with Gasteiger partial charge < -0.3 is 5.73 Å². The lowest BCUT2D eigenvalue weighted by molar-refractivity contribution is 0.583. The standard InChI is InChI=1S/C15H25NO2S/c1-3-4-5-6-7-8-11-19(17,18)15-10-9-14(16)12-13(15)2/h9-10,12H,3-8,11,16H2,1-2H3. The van der Waals surface area contributed by atoms with Gasteiger partial charge in [-0.25, -0.2) is 8.42 Å². The van der Waals surface area contributed by atoms with Crippen molar-refractivity contribution in [3.05, 3.63) is 23.8 Å². The van der Waals surface area contributed by atoms with Gasteiger partial charge >= 0.3 is 0 Å². The van der Waals surface area contributed by atoms with E-state index in [1.54, 1.807) is 25.1 Å². The summed E-state index contributed by atoms with van der Waals surface area (Å²) in [5.41, 5.74) is 6.99. The molecule has 3 nitrogen and oxygen atoms in total. The average molecular weight is 283 g/mol. The van der Waals surface area contributed by atoms with Gasteiger partial charge in [0.05, 0.1) is 10.6 Å². The van der Waals surface area contributed by atoms with Crippen LogP contribution in [0.3, 0.4) is 0 Å². The van der Waals surface area contributed by atoms with Gasteiger partial charge in [-0.15, -0.1) is 0 Å².